The van der Waals surface area contributed by atoms with E-state index >= 15 is 0 Å². The van der Waals surface area contributed by atoms with Crippen LogP contribution in [-0.4, -0.2) is 16.5 Å². The number of hydrogen-bond acceptors (Lipinski definition) is 2. The lowest BCUT2D eigenvalue weighted by Crippen LogP contribution is -2.19. The highest BCUT2D eigenvalue weighted by Crippen LogP contribution is 2.48. The van der Waals surface area contributed by atoms with Crippen molar-refractivity contribution in [2.24, 2.45) is 5.73 Å². The highest BCUT2D eigenvalue weighted by atomic mass is 14.7. The number of pyridine rings is 1. The summed E-state index contributed by atoms with van der Waals surface area (Å²) >= 11 is 0. The fourth-order valence-corrected chi connectivity index (χ4v) is 2.83. The third kappa shape index (κ3) is 1.25. The normalized spacial score (nSPS) is 17.4. The highest BCUT2D eigenvalue weighted by Gasteiger charge is 2.42. The Hall–Kier alpha value is -1.87. The first-order valence-corrected chi connectivity index (χ1v) is 6.38. The molecule has 1 aromatic carbocycles. The van der Waals surface area contributed by atoms with Crippen LogP contribution in [0.4, 0.5) is 0 Å². The van der Waals surface area contributed by atoms with Crippen LogP contribution in [0, 0.1) is 0 Å². The van der Waals surface area contributed by atoms with Gasteiger partial charge in [-0.2, -0.15) is 0 Å². The zero-order valence-electron chi connectivity index (χ0n) is 10.1. The maximum atomic E-state index is 5.91. The van der Waals surface area contributed by atoms with Crippen LogP contribution in [0.15, 0.2) is 36.7 Å². The van der Waals surface area contributed by atoms with Gasteiger partial charge in [0.05, 0.1) is 0 Å². The molecule has 3 heteroatoms. The molecule has 1 saturated carbocycles. The number of aromatic amines is 1. The van der Waals surface area contributed by atoms with E-state index in [4.69, 9.17) is 5.73 Å². The monoisotopic (exact) mass is 237 g/mol. The van der Waals surface area contributed by atoms with Crippen LogP contribution in [0.5, 0.6) is 0 Å². The van der Waals surface area contributed by atoms with Crippen molar-refractivity contribution >= 4 is 21.8 Å². The van der Waals surface area contributed by atoms with Crippen LogP contribution in [-0.2, 0) is 5.41 Å². The van der Waals surface area contributed by atoms with E-state index in [1.807, 2.05) is 18.5 Å². The third-order valence-electron chi connectivity index (χ3n) is 4.26. The van der Waals surface area contributed by atoms with Gasteiger partial charge in [-0.15, -0.1) is 0 Å². The fraction of sp³-hybridized carbons (Fsp3) is 0.267. The lowest BCUT2D eigenvalue weighted by atomic mass is 9.95. The first-order chi connectivity index (χ1) is 8.82. The van der Waals surface area contributed by atoms with Crippen LogP contribution < -0.4 is 5.73 Å². The van der Waals surface area contributed by atoms with Gasteiger partial charge in [0.2, 0.25) is 0 Å². The minimum atomic E-state index is 0.250. The van der Waals surface area contributed by atoms with E-state index in [1.54, 1.807) is 0 Å². The molecule has 0 radical (unpaired) electrons. The van der Waals surface area contributed by atoms with Gasteiger partial charge in [-0.05, 0) is 36.6 Å². The lowest BCUT2D eigenvalue weighted by molar-refractivity contribution is 0.706. The van der Waals surface area contributed by atoms with Gasteiger partial charge in [-0.1, -0.05) is 6.07 Å². The number of H-pyrrole nitrogens is 1. The Balaban J connectivity index is 2.01. The van der Waals surface area contributed by atoms with Gasteiger partial charge in [0.1, 0.15) is 0 Å². The number of nitrogens with two attached hydrogens (primary N) is 1. The van der Waals surface area contributed by atoms with Crippen LogP contribution in [0.25, 0.3) is 21.8 Å². The molecular weight excluding hydrogens is 222 g/mol. The highest BCUT2D eigenvalue weighted by molar-refractivity contribution is 6.07. The average molecular weight is 237 g/mol. The van der Waals surface area contributed by atoms with Gasteiger partial charge < -0.3 is 10.7 Å². The van der Waals surface area contributed by atoms with Crippen molar-refractivity contribution in [3.63, 3.8) is 0 Å². The second-order valence-electron chi connectivity index (χ2n) is 5.29. The third-order valence-corrected chi connectivity index (χ3v) is 4.26. The molecule has 0 bridgehead atoms. The Morgan fingerprint density at radius 3 is 2.78 bits per heavy atom. The Bertz CT molecular complexity index is 738. The standard InChI is InChI=1S/C15H15N3/c16-9-15(4-5-15)10-1-2-13-11(7-10)12-8-17-6-3-14(12)18-13/h1-3,6-8,18H,4-5,9,16H2. The van der Waals surface area contributed by atoms with Crippen molar-refractivity contribution in [1.29, 1.82) is 0 Å². The minimum absolute atomic E-state index is 0.250. The number of hydrogen-bond donors (Lipinski definition) is 2. The van der Waals surface area contributed by atoms with E-state index in [-0.39, 0.29) is 5.41 Å². The molecule has 3 nitrogen and oxygen atoms in total. The predicted molar refractivity (Wildman–Crippen MR) is 73.6 cm³/mol. The first-order valence-electron chi connectivity index (χ1n) is 6.38. The molecule has 0 unspecified atom stereocenters. The quantitative estimate of drug-likeness (QED) is 0.720. The summed E-state index contributed by atoms with van der Waals surface area (Å²) in [6.07, 6.45) is 6.19. The Kier molecular flexibility index (Phi) is 1.87. The summed E-state index contributed by atoms with van der Waals surface area (Å²) in [4.78, 5) is 7.64. The van der Waals surface area contributed by atoms with E-state index in [0.717, 1.165) is 12.1 Å². The molecule has 18 heavy (non-hydrogen) atoms. The van der Waals surface area contributed by atoms with Gasteiger partial charge in [-0.3, -0.25) is 4.98 Å². The number of aromatic nitrogens is 2. The molecule has 1 aliphatic carbocycles. The van der Waals surface area contributed by atoms with Crippen molar-refractivity contribution in [3.05, 3.63) is 42.2 Å². The van der Waals surface area contributed by atoms with Crippen LogP contribution in [0.3, 0.4) is 0 Å². The predicted octanol–water partition coefficient (Wildman–Crippen LogP) is 2.71. The number of benzene rings is 1. The Labute approximate surface area is 105 Å². The lowest BCUT2D eigenvalue weighted by Gasteiger charge is -2.12. The second-order valence-corrected chi connectivity index (χ2v) is 5.29. The number of rotatable bonds is 2. The maximum absolute atomic E-state index is 5.91. The van der Waals surface area contributed by atoms with E-state index in [1.165, 1.54) is 34.7 Å². The zero-order chi connectivity index (χ0) is 12.2. The van der Waals surface area contributed by atoms with Gasteiger partial charge in [-0.25, -0.2) is 0 Å². The molecule has 0 atom stereocenters. The first kappa shape index (κ1) is 10.1. The molecule has 0 saturated heterocycles. The molecule has 1 aliphatic rings. The summed E-state index contributed by atoms with van der Waals surface area (Å²) in [5.41, 5.74) is 9.86. The molecule has 90 valence electrons. The number of fused-ring (bicyclic) bond motifs is 3. The molecule has 1 fully saturated rings. The van der Waals surface area contributed by atoms with Crippen LogP contribution in [0.1, 0.15) is 18.4 Å². The van der Waals surface area contributed by atoms with Gasteiger partial charge in [0.25, 0.3) is 0 Å². The van der Waals surface area contributed by atoms with Gasteiger partial charge >= 0.3 is 0 Å². The minimum Gasteiger partial charge on any atom is -0.354 e. The zero-order valence-corrected chi connectivity index (χ0v) is 10.1. The summed E-state index contributed by atoms with van der Waals surface area (Å²) in [6.45, 7) is 0.749. The molecule has 3 N–H and O–H groups in total. The summed E-state index contributed by atoms with van der Waals surface area (Å²) in [5.74, 6) is 0. The van der Waals surface area contributed by atoms with Crippen LogP contribution in [0.2, 0.25) is 0 Å². The Morgan fingerprint density at radius 2 is 2.00 bits per heavy atom. The summed E-state index contributed by atoms with van der Waals surface area (Å²) in [7, 11) is 0. The van der Waals surface area contributed by atoms with Crippen molar-refractivity contribution in [1.82, 2.24) is 9.97 Å². The van der Waals surface area contributed by atoms with Crippen molar-refractivity contribution in [2.75, 3.05) is 6.54 Å². The van der Waals surface area contributed by atoms with Crippen molar-refractivity contribution in [2.45, 2.75) is 18.3 Å². The van der Waals surface area contributed by atoms with Crippen molar-refractivity contribution in [3.8, 4) is 0 Å². The van der Waals surface area contributed by atoms with E-state index in [0.29, 0.717) is 0 Å². The van der Waals surface area contributed by atoms with Crippen molar-refractivity contribution < 1.29 is 0 Å². The SMILES string of the molecule is NCC1(c2ccc3[nH]c4ccncc4c3c2)CC1. The smallest absolute Gasteiger partial charge is 0.0495 e. The molecule has 0 aliphatic heterocycles. The Morgan fingerprint density at radius 1 is 1.17 bits per heavy atom. The molecule has 4 rings (SSSR count). The van der Waals surface area contributed by atoms with E-state index in [2.05, 4.69) is 28.2 Å². The van der Waals surface area contributed by atoms with E-state index < -0.39 is 0 Å². The number of nitrogens with zero attached hydrogens (tertiary/aromatic N) is 1. The molecule has 2 heterocycles. The van der Waals surface area contributed by atoms with E-state index in [9.17, 15) is 0 Å². The molecule has 2 aromatic heterocycles. The second kappa shape index (κ2) is 3.33. The fourth-order valence-electron chi connectivity index (χ4n) is 2.83. The van der Waals surface area contributed by atoms with Crippen LogP contribution >= 0.6 is 0 Å². The topological polar surface area (TPSA) is 54.7 Å². The number of nitrogens with one attached hydrogen (secondary N) is 1. The average Bonchev–Trinajstić information content (AvgIpc) is 3.14. The molecule has 0 amide bonds. The maximum Gasteiger partial charge on any atom is 0.0495 e. The van der Waals surface area contributed by atoms with Gasteiger partial charge in [0.15, 0.2) is 0 Å². The molecular formula is C15H15N3. The summed E-state index contributed by atoms with van der Waals surface area (Å²) in [6, 6.07) is 8.69. The molecule has 3 aromatic rings. The summed E-state index contributed by atoms with van der Waals surface area (Å²) < 4.78 is 0. The molecule has 0 spiro atoms. The summed E-state index contributed by atoms with van der Waals surface area (Å²) in [5, 5.41) is 2.46. The largest absolute Gasteiger partial charge is 0.354 e. The van der Waals surface area contributed by atoms with Gasteiger partial charge in [0, 0.05) is 46.2 Å².